The topological polar surface area (TPSA) is 113 Å². The van der Waals surface area contributed by atoms with Gasteiger partial charge in [-0.3, -0.25) is 4.79 Å². The van der Waals surface area contributed by atoms with Gasteiger partial charge in [-0.1, -0.05) is 37.5 Å². The summed E-state index contributed by atoms with van der Waals surface area (Å²) in [6.07, 6.45) is 4.19. The van der Waals surface area contributed by atoms with Crippen LogP contribution in [0.3, 0.4) is 0 Å². The maximum absolute atomic E-state index is 13.7. The van der Waals surface area contributed by atoms with Gasteiger partial charge in [-0.25, -0.2) is 16.8 Å². The van der Waals surface area contributed by atoms with Crippen LogP contribution in [0.2, 0.25) is 0 Å². The van der Waals surface area contributed by atoms with Gasteiger partial charge < -0.3 is 10.1 Å². The number of morpholine rings is 1. The van der Waals surface area contributed by atoms with Crippen molar-refractivity contribution in [2.24, 2.45) is 0 Å². The third-order valence-corrected chi connectivity index (χ3v) is 10.2. The van der Waals surface area contributed by atoms with Gasteiger partial charge in [0, 0.05) is 24.8 Å². The lowest BCUT2D eigenvalue weighted by atomic mass is 9.95. The van der Waals surface area contributed by atoms with Gasteiger partial charge in [0.25, 0.3) is 0 Å². The van der Waals surface area contributed by atoms with E-state index in [2.05, 4.69) is 5.32 Å². The van der Waals surface area contributed by atoms with Crippen molar-refractivity contribution in [2.75, 3.05) is 38.2 Å². The van der Waals surface area contributed by atoms with Gasteiger partial charge in [-0.15, -0.1) is 0 Å². The summed E-state index contributed by atoms with van der Waals surface area (Å²) < 4.78 is 60.9. The maximum atomic E-state index is 13.7. The van der Waals surface area contributed by atoms with Gasteiger partial charge >= 0.3 is 0 Å². The van der Waals surface area contributed by atoms with E-state index in [4.69, 9.17) is 4.74 Å². The van der Waals surface area contributed by atoms with Gasteiger partial charge in [-0.05, 0) is 49.2 Å². The lowest BCUT2D eigenvalue weighted by Crippen LogP contribution is -2.45. The maximum Gasteiger partial charge on any atom is 0.243 e. The third-order valence-electron chi connectivity index (χ3n) is 6.38. The Morgan fingerprint density at radius 1 is 0.886 bits per heavy atom. The highest BCUT2D eigenvalue weighted by Crippen LogP contribution is 2.29. The highest BCUT2D eigenvalue weighted by atomic mass is 32.2. The van der Waals surface area contributed by atoms with E-state index in [0.29, 0.717) is 31.7 Å². The van der Waals surface area contributed by atoms with Crippen molar-refractivity contribution >= 4 is 31.6 Å². The first-order valence-corrected chi connectivity index (χ1v) is 14.7. The Hall–Kier alpha value is -2.31. The van der Waals surface area contributed by atoms with Crippen LogP contribution in [0.5, 0.6) is 0 Å². The summed E-state index contributed by atoms with van der Waals surface area (Å²) in [6.45, 7) is 0.860. The van der Waals surface area contributed by atoms with Gasteiger partial charge in [0.1, 0.15) is 0 Å². The molecular formula is C24H31N3O6S2. The molecule has 1 saturated carbocycles. The van der Waals surface area contributed by atoms with Crippen LogP contribution in [0, 0.1) is 0 Å². The van der Waals surface area contributed by atoms with Crippen LogP contribution in [0.4, 0.5) is 5.69 Å². The molecule has 1 aliphatic heterocycles. The fourth-order valence-electron chi connectivity index (χ4n) is 4.50. The number of carbonyl (C=O) groups is 1. The number of amides is 1. The number of sulfonamides is 2. The number of carbonyl (C=O) groups excluding carboxylic acids is 1. The molecule has 1 aliphatic carbocycles. The Bertz CT molecular complexity index is 1210. The summed E-state index contributed by atoms with van der Waals surface area (Å²) in [5, 5.41) is 2.76. The number of benzene rings is 2. The zero-order chi connectivity index (χ0) is 24.9. The monoisotopic (exact) mass is 521 g/mol. The van der Waals surface area contributed by atoms with Crippen LogP contribution >= 0.6 is 0 Å². The molecule has 0 radical (unpaired) electrons. The van der Waals surface area contributed by atoms with Crippen molar-refractivity contribution in [3.05, 3.63) is 54.6 Å². The molecule has 0 spiro atoms. The van der Waals surface area contributed by atoms with E-state index in [1.54, 1.807) is 24.3 Å². The largest absolute Gasteiger partial charge is 0.379 e. The molecule has 35 heavy (non-hydrogen) atoms. The molecule has 1 heterocycles. The van der Waals surface area contributed by atoms with E-state index in [1.807, 2.05) is 6.07 Å². The molecule has 11 heteroatoms. The number of rotatable bonds is 8. The van der Waals surface area contributed by atoms with E-state index >= 15 is 0 Å². The Kier molecular flexibility index (Phi) is 8.23. The SMILES string of the molecule is O=C(CN(C1CCCCC1)S(=O)(=O)c1ccc(S(=O)(=O)N2CCOCC2)cc1)Nc1ccccc1. The molecule has 4 rings (SSSR count). The first kappa shape index (κ1) is 25.8. The first-order valence-electron chi connectivity index (χ1n) is 11.8. The van der Waals surface area contributed by atoms with Crippen molar-refractivity contribution in [1.29, 1.82) is 0 Å². The molecular weight excluding hydrogens is 490 g/mol. The number of nitrogens with zero attached hydrogens (tertiary/aromatic N) is 2. The Morgan fingerprint density at radius 2 is 1.49 bits per heavy atom. The van der Waals surface area contributed by atoms with Crippen LogP contribution in [0.25, 0.3) is 0 Å². The molecule has 2 aromatic carbocycles. The number of anilines is 1. The van der Waals surface area contributed by atoms with Gasteiger partial charge in [-0.2, -0.15) is 8.61 Å². The first-order chi connectivity index (χ1) is 16.8. The van der Waals surface area contributed by atoms with Crippen LogP contribution in [0.1, 0.15) is 32.1 Å². The number of para-hydroxylation sites is 1. The molecule has 0 atom stereocenters. The van der Waals surface area contributed by atoms with Gasteiger partial charge in [0.2, 0.25) is 26.0 Å². The smallest absolute Gasteiger partial charge is 0.243 e. The fraction of sp³-hybridized carbons (Fsp3) is 0.458. The summed E-state index contributed by atoms with van der Waals surface area (Å²) in [6, 6.07) is 13.9. The van der Waals surface area contributed by atoms with Crippen LogP contribution < -0.4 is 5.32 Å². The summed E-state index contributed by atoms with van der Waals surface area (Å²) in [5.41, 5.74) is 0.594. The zero-order valence-electron chi connectivity index (χ0n) is 19.5. The van der Waals surface area contributed by atoms with E-state index in [0.717, 1.165) is 19.3 Å². The lowest BCUT2D eigenvalue weighted by Gasteiger charge is -2.33. The quantitative estimate of drug-likeness (QED) is 0.572. The molecule has 1 amide bonds. The normalized spacial score (nSPS) is 18.4. The average molecular weight is 522 g/mol. The fourth-order valence-corrected chi connectivity index (χ4v) is 7.55. The second-order valence-electron chi connectivity index (χ2n) is 8.74. The molecule has 2 fully saturated rings. The average Bonchev–Trinajstić information content (AvgIpc) is 2.89. The van der Waals surface area contributed by atoms with Crippen LogP contribution in [0.15, 0.2) is 64.4 Å². The number of hydrogen-bond acceptors (Lipinski definition) is 6. The minimum atomic E-state index is -4.03. The van der Waals surface area contributed by atoms with Crippen molar-refractivity contribution in [1.82, 2.24) is 8.61 Å². The van der Waals surface area contributed by atoms with Gasteiger partial charge in [0.15, 0.2) is 0 Å². The number of nitrogens with one attached hydrogen (secondary N) is 1. The third kappa shape index (κ3) is 6.10. The molecule has 190 valence electrons. The molecule has 9 nitrogen and oxygen atoms in total. The van der Waals surface area contributed by atoms with Crippen molar-refractivity contribution in [3.63, 3.8) is 0 Å². The Labute approximate surface area is 207 Å². The molecule has 0 unspecified atom stereocenters. The molecule has 1 saturated heterocycles. The highest BCUT2D eigenvalue weighted by Gasteiger charge is 2.34. The Balaban J connectivity index is 1.56. The van der Waals surface area contributed by atoms with E-state index in [9.17, 15) is 21.6 Å². The molecule has 0 aromatic heterocycles. The second kappa shape index (κ2) is 11.2. The minimum Gasteiger partial charge on any atom is -0.379 e. The second-order valence-corrected chi connectivity index (χ2v) is 12.6. The summed E-state index contributed by atoms with van der Waals surface area (Å²) in [4.78, 5) is 12.8. The minimum absolute atomic E-state index is 0.0310. The van der Waals surface area contributed by atoms with Gasteiger partial charge in [0.05, 0.1) is 29.5 Å². The van der Waals surface area contributed by atoms with E-state index in [-0.39, 0.29) is 35.5 Å². The standard InChI is InChI=1S/C24H31N3O6S2/c28-24(25-20-7-3-1-4-8-20)19-27(21-9-5-2-6-10-21)35(31,32)23-13-11-22(12-14-23)34(29,30)26-15-17-33-18-16-26/h1,3-4,7-8,11-14,21H,2,5-6,9-10,15-19H2,(H,25,28). The highest BCUT2D eigenvalue weighted by molar-refractivity contribution is 7.89. The summed E-state index contributed by atoms with van der Waals surface area (Å²) in [5.74, 6) is -0.420. The predicted molar refractivity (Wildman–Crippen MR) is 132 cm³/mol. The molecule has 0 bridgehead atoms. The van der Waals surface area contributed by atoms with E-state index in [1.165, 1.54) is 32.9 Å². The van der Waals surface area contributed by atoms with Crippen LogP contribution in [-0.2, 0) is 29.6 Å². The molecule has 2 aliphatic rings. The van der Waals surface area contributed by atoms with E-state index < -0.39 is 26.0 Å². The number of ether oxygens (including phenoxy) is 1. The van der Waals surface area contributed by atoms with Crippen molar-refractivity contribution in [3.8, 4) is 0 Å². The van der Waals surface area contributed by atoms with Crippen LogP contribution in [-0.4, -0.2) is 70.2 Å². The summed E-state index contributed by atoms with van der Waals surface area (Å²) in [7, 11) is -7.77. The predicted octanol–water partition coefficient (Wildman–Crippen LogP) is 2.67. The Morgan fingerprint density at radius 3 is 2.11 bits per heavy atom. The summed E-state index contributed by atoms with van der Waals surface area (Å²) >= 11 is 0. The lowest BCUT2D eigenvalue weighted by molar-refractivity contribution is -0.116. The molecule has 2 aromatic rings. The zero-order valence-corrected chi connectivity index (χ0v) is 21.1. The molecule has 1 N–H and O–H groups in total. The number of hydrogen-bond donors (Lipinski definition) is 1. The van der Waals surface area contributed by atoms with Crippen molar-refractivity contribution in [2.45, 2.75) is 47.9 Å². The van der Waals surface area contributed by atoms with Crippen molar-refractivity contribution < 1.29 is 26.4 Å².